The first-order valence-electron chi connectivity index (χ1n) is 9.65. The van der Waals surface area contributed by atoms with Crippen molar-refractivity contribution in [1.29, 1.82) is 0 Å². The quantitative estimate of drug-likeness (QED) is 0.441. The molecule has 0 aromatic heterocycles. The Morgan fingerprint density at radius 2 is 0.897 bits per heavy atom. The first kappa shape index (κ1) is 19.1. The first-order valence-corrected chi connectivity index (χ1v) is 11.4. The van der Waals surface area contributed by atoms with Crippen molar-refractivity contribution in [2.45, 2.75) is 6.42 Å². The minimum absolute atomic E-state index is 0.0962. The van der Waals surface area contributed by atoms with E-state index in [1.54, 1.807) is 0 Å². The van der Waals surface area contributed by atoms with Gasteiger partial charge in [-0.1, -0.05) is 121 Å². The van der Waals surface area contributed by atoms with E-state index in [0.717, 1.165) is 21.5 Å². The molecule has 0 spiro atoms. The summed E-state index contributed by atoms with van der Waals surface area (Å²) in [6, 6.07) is 40.5. The summed E-state index contributed by atoms with van der Waals surface area (Å²) in [5.74, 6) is -0.0962. The van der Waals surface area contributed by atoms with Gasteiger partial charge in [0.1, 0.15) is 0 Å². The first-order chi connectivity index (χ1) is 14.3. The maximum absolute atomic E-state index is 13.2. The molecule has 1 amide bonds. The van der Waals surface area contributed by atoms with E-state index in [0.29, 0.717) is 6.42 Å². The number of benzene rings is 4. The zero-order valence-electron chi connectivity index (χ0n) is 16.1. The third kappa shape index (κ3) is 4.13. The third-order valence-corrected chi connectivity index (χ3v) is 8.51. The average molecular weight is 395 g/mol. The lowest BCUT2D eigenvalue weighted by Crippen LogP contribution is -2.26. The molecule has 0 saturated carbocycles. The number of hydrogen-bond acceptors (Lipinski definition) is 1. The van der Waals surface area contributed by atoms with Gasteiger partial charge in [0.05, 0.1) is 13.5 Å². The van der Waals surface area contributed by atoms with Gasteiger partial charge in [-0.3, -0.25) is 4.79 Å². The number of amides is 1. The van der Waals surface area contributed by atoms with Gasteiger partial charge in [0.25, 0.3) is 0 Å². The van der Waals surface area contributed by atoms with Crippen LogP contribution in [0.2, 0.25) is 0 Å². The highest BCUT2D eigenvalue weighted by Gasteiger charge is 2.28. The average Bonchev–Trinajstić information content (AvgIpc) is 2.80. The molecule has 0 fully saturated rings. The van der Waals surface area contributed by atoms with E-state index >= 15 is 0 Å². The standard InChI is InChI=1S/C26H22NOP/c28-26(21-22-13-5-1-6-14-22)27-29(23-15-7-2-8-16-23,24-17-9-3-10-18-24)25-19-11-4-12-20-25/h1-20H,21H2. The second kappa shape index (κ2) is 8.86. The van der Waals surface area contributed by atoms with E-state index in [4.69, 9.17) is 4.74 Å². The zero-order valence-corrected chi connectivity index (χ0v) is 17.0. The van der Waals surface area contributed by atoms with Crippen molar-refractivity contribution in [3.63, 3.8) is 0 Å². The minimum atomic E-state index is -2.47. The summed E-state index contributed by atoms with van der Waals surface area (Å²) in [6.07, 6.45) is 0.301. The predicted molar refractivity (Wildman–Crippen MR) is 123 cm³/mol. The molecule has 0 aliphatic rings. The van der Waals surface area contributed by atoms with Crippen molar-refractivity contribution in [1.82, 2.24) is 0 Å². The lowest BCUT2D eigenvalue weighted by Gasteiger charge is -2.26. The minimum Gasteiger partial charge on any atom is -0.272 e. The molecule has 0 bridgehead atoms. The van der Waals surface area contributed by atoms with Crippen LogP contribution in [0.25, 0.3) is 0 Å². The van der Waals surface area contributed by atoms with E-state index in [1.165, 1.54) is 0 Å². The third-order valence-electron chi connectivity index (χ3n) is 4.85. The van der Waals surface area contributed by atoms with Crippen molar-refractivity contribution in [2.24, 2.45) is 4.74 Å². The Kier molecular flexibility index (Phi) is 5.84. The molecule has 0 heterocycles. The normalized spacial score (nSPS) is 11.0. The van der Waals surface area contributed by atoms with E-state index in [1.807, 2.05) is 84.9 Å². The van der Waals surface area contributed by atoms with Crippen LogP contribution in [0, 0.1) is 0 Å². The van der Waals surface area contributed by atoms with Crippen LogP contribution in [0.15, 0.2) is 126 Å². The molecule has 3 heteroatoms. The number of carbonyl (C=O) groups is 1. The summed E-state index contributed by atoms with van der Waals surface area (Å²) in [4.78, 5) is 13.2. The molecular formula is C26H22NOP. The molecule has 2 nitrogen and oxygen atoms in total. The van der Waals surface area contributed by atoms with Crippen LogP contribution >= 0.6 is 7.05 Å². The monoisotopic (exact) mass is 395 g/mol. The highest BCUT2D eigenvalue weighted by Crippen LogP contribution is 2.46. The Morgan fingerprint density at radius 3 is 1.28 bits per heavy atom. The molecule has 29 heavy (non-hydrogen) atoms. The lowest BCUT2D eigenvalue weighted by atomic mass is 10.1. The summed E-state index contributed by atoms with van der Waals surface area (Å²) in [7, 11) is -2.47. The molecule has 0 N–H and O–H groups in total. The van der Waals surface area contributed by atoms with Crippen LogP contribution in [-0.2, 0) is 11.2 Å². The van der Waals surface area contributed by atoms with Crippen molar-refractivity contribution in [3.05, 3.63) is 127 Å². The fraction of sp³-hybridized carbons (Fsp3) is 0.0385. The fourth-order valence-electron chi connectivity index (χ4n) is 3.52. The highest BCUT2D eigenvalue weighted by molar-refractivity contribution is 7.87. The molecular weight excluding hydrogens is 373 g/mol. The van der Waals surface area contributed by atoms with Gasteiger partial charge >= 0.3 is 0 Å². The molecule has 4 aromatic rings. The van der Waals surface area contributed by atoms with Gasteiger partial charge in [-0.25, -0.2) is 4.74 Å². The van der Waals surface area contributed by atoms with Crippen molar-refractivity contribution >= 4 is 28.9 Å². The van der Waals surface area contributed by atoms with E-state index in [9.17, 15) is 4.79 Å². The molecule has 0 radical (unpaired) electrons. The number of carbonyl (C=O) groups excluding carboxylic acids is 1. The molecule has 4 aromatic carbocycles. The van der Waals surface area contributed by atoms with Crippen molar-refractivity contribution < 1.29 is 4.79 Å². The van der Waals surface area contributed by atoms with E-state index in [2.05, 4.69) is 36.4 Å². The molecule has 0 saturated heterocycles. The molecule has 0 unspecified atom stereocenters. The van der Waals surface area contributed by atoms with Gasteiger partial charge in [-0.15, -0.1) is 0 Å². The SMILES string of the molecule is O=C(Cc1ccccc1)N=P(c1ccccc1)(c1ccccc1)c1ccccc1. The van der Waals surface area contributed by atoms with Crippen LogP contribution in [-0.4, -0.2) is 5.91 Å². The topological polar surface area (TPSA) is 29.4 Å². The van der Waals surface area contributed by atoms with Gasteiger partial charge in [-0.2, -0.15) is 0 Å². The van der Waals surface area contributed by atoms with Crippen LogP contribution in [0.1, 0.15) is 5.56 Å². The van der Waals surface area contributed by atoms with Gasteiger partial charge in [0, 0.05) is 15.9 Å². The van der Waals surface area contributed by atoms with Crippen molar-refractivity contribution in [2.75, 3.05) is 0 Å². The molecule has 4 rings (SSSR count). The molecule has 0 aliphatic carbocycles. The van der Waals surface area contributed by atoms with Gasteiger partial charge in [-0.05, 0) is 5.56 Å². The zero-order chi connectivity index (χ0) is 19.9. The summed E-state index contributed by atoms with van der Waals surface area (Å²) in [5.41, 5.74) is 0.980. The molecule has 0 aliphatic heterocycles. The summed E-state index contributed by atoms with van der Waals surface area (Å²) in [5, 5.41) is 3.25. The predicted octanol–water partition coefficient (Wildman–Crippen LogP) is 4.93. The van der Waals surface area contributed by atoms with E-state index < -0.39 is 7.05 Å². The fourth-order valence-corrected chi connectivity index (χ4v) is 6.98. The van der Waals surface area contributed by atoms with Crippen LogP contribution in [0.4, 0.5) is 0 Å². The summed E-state index contributed by atoms with van der Waals surface area (Å²) < 4.78 is 4.99. The second-order valence-electron chi connectivity index (χ2n) is 6.80. The molecule has 0 atom stereocenters. The van der Waals surface area contributed by atoms with Crippen LogP contribution < -0.4 is 15.9 Å². The lowest BCUT2D eigenvalue weighted by molar-refractivity contribution is -0.117. The Morgan fingerprint density at radius 1 is 0.552 bits per heavy atom. The Labute approximate surface area is 171 Å². The maximum atomic E-state index is 13.2. The highest BCUT2D eigenvalue weighted by atomic mass is 31.2. The number of hydrogen-bond donors (Lipinski definition) is 0. The second-order valence-corrected chi connectivity index (χ2v) is 9.82. The Hall–Kier alpha value is -3.22. The number of nitrogens with zero attached hydrogens (tertiary/aromatic N) is 1. The van der Waals surface area contributed by atoms with Crippen LogP contribution in [0.3, 0.4) is 0 Å². The number of rotatable bonds is 5. The van der Waals surface area contributed by atoms with Crippen molar-refractivity contribution in [3.8, 4) is 0 Å². The Bertz CT molecular complexity index is 1020. The van der Waals surface area contributed by atoms with Gasteiger partial charge in [0.15, 0.2) is 0 Å². The summed E-state index contributed by atoms with van der Waals surface area (Å²) in [6.45, 7) is 0. The maximum Gasteiger partial charge on any atom is 0.249 e. The van der Waals surface area contributed by atoms with Gasteiger partial charge in [0.2, 0.25) is 5.91 Å². The van der Waals surface area contributed by atoms with Crippen LogP contribution in [0.5, 0.6) is 0 Å². The van der Waals surface area contributed by atoms with E-state index in [-0.39, 0.29) is 5.91 Å². The van der Waals surface area contributed by atoms with Gasteiger partial charge < -0.3 is 0 Å². The largest absolute Gasteiger partial charge is 0.272 e. The summed E-state index contributed by atoms with van der Waals surface area (Å²) >= 11 is 0. The Balaban J connectivity index is 1.96. The molecule has 142 valence electrons. The smallest absolute Gasteiger partial charge is 0.249 e.